The summed E-state index contributed by atoms with van der Waals surface area (Å²) < 4.78 is 0. The van der Waals surface area contributed by atoms with Gasteiger partial charge in [0.2, 0.25) is 0 Å². The summed E-state index contributed by atoms with van der Waals surface area (Å²) in [6.45, 7) is -4.56. The summed E-state index contributed by atoms with van der Waals surface area (Å²) in [5.41, 5.74) is 0. The molecule has 7 heavy (non-hydrogen) atoms. The quantitative estimate of drug-likeness (QED) is 0.283. The summed E-state index contributed by atoms with van der Waals surface area (Å²) in [6.07, 6.45) is 0. The Morgan fingerprint density at radius 2 is 1.14 bits per heavy atom. The normalized spacial score (nSPS) is 8.43. The molecule has 0 amide bonds. The molecule has 0 saturated carbocycles. The van der Waals surface area contributed by atoms with E-state index in [1.165, 1.54) is 0 Å². The molecule has 0 aromatic heterocycles. The Balaban J connectivity index is -0.0000000800. The van der Waals surface area contributed by atoms with E-state index in [1.807, 2.05) is 0 Å². The number of hydrogen-bond acceptors (Lipinski definition) is 4. The summed E-state index contributed by atoms with van der Waals surface area (Å²) in [6, 6.07) is 0. The molecule has 0 fully saturated rings. The van der Waals surface area contributed by atoms with Crippen LogP contribution in [0.3, 0.4) is 0 Å². The molecule has 0 N–H and O–H groups in total. The first-order chi connectivity index (χ1) is 2.00. The van der Waals surface area contributed by atoms with E-state index in [2.05, 4.69) is 11.8 Å². The zero-order chi connectivity index (χ0) is 4.50. The predicted molar refractivity (Wildman–Crippen MR) is 22.8 cm³/mol. The molecule has 0 unspecified atom stereocenters. The number of rotatable bonds is 0. The molecule has 0 aliphatic rings. The van der Waals surface area contributed by atoms with E-state index < -0.39 is 6.72 Å². The first-order valence-electron chi connectivity index (χ1n) is 0.730. The maximum Gasteiger partial charge on any atom is 1.00 e. The summed E-state index contributed by atoms with van der Waals surface area (Å²) in [5, 5.41) is 0. The van der Waals surface area contributed by atoms with Gasteiger partial charge in [0.1, 0.15) is 0 Å². The molecule has 0 aliphatic heterocycles. The average molecular weight is 193 g/mol. The van der Waals surface area contributed by atoms with Gasteiger partial charge in [-0.05, 0) is 0 Å². The minimum Gasteiger partial charge on any atom is -0.844 e. The van der Waals surface area contributed by atoms with E-state index in [1.54, 1.807) is 0 Å². The SMILES string of the molecule is [GeH2+2].[Li+].[O-]P([O-])([O-])=S. The zero-order valence-electron chi connectivity index (χ0n) is 3.79. The van der Waals surface area contributed by atoms with Crippen molar-refractivity contribution in [3.8, 4) is 0 Å². The second kappa shape index (κ2) is 5.80. The van der Waals surface area contributed by atoms with E-state index in [-0.39, 0.29) is 36.5 Å². The first kappa shape index (κ1) is 15.9. The Labute approximate surface area is 69.5 Å². The molecule has 0 bridgehead atoms. The standard InChI is InChI=1S/GeH2.Li.H3O3PS/c;;1-4(2,3)5/h1H2;;(H3,1,2,3,5)/q+2;+1;/p-3. The molecule has 0 aliphatic carbocycles. The molecule has 0 radical (unpaired) electrons. The van der Waals surface area contributed by atoms with E-state index in [0.717, 1.165) is 0 Å². The van der Waals surface area contributed by atoms with Gasteiger partial charge in [0.05, 0.1) is 0 Å². The smallest absolute Gasteiger partial charge is 0.844 e. The van der Waals surface area contributed by atoms with Crippen molar-refractivity contribution < 1.29 is 33.5 Å². The van der Waals surface area contributed by atoms with Gasteiger partial charge in [-0.3, -0.25) is 0 Å². The largest absolute Gasteiger partial charge is 1.00 e. The van der Waals surface area contributed by atoms with Crippen LogP contribution in [0.5, 0.6) is 0 Å². The van der Waals surface area contributed by atoms with Crippen LogP contribution >= 0.6 is 6.72 Å². The van der Waals surface area contributed by atoms with Crippen molar-refractivity contribution in [1.82, 2.24) is 0 Å². The molecule has 0 atom stereocenters. The average Bonchev–Trinajstić information content (AvgIpc) is 0.722. The Morgan fingerprint density at radius 1 is 1.14 bits per heavy atom. The third kappa shape index (κ3) is 88.4. The summed E-state index contributed by atoms with van der Waals surface area (Å²) in [7, 11) is 0. The van der Waals surface area contributed by atoms with Crippen LogP contribution in [-0.2, 0) is 11.8 Å². The third-order valence-electron chi connectivity index (χ3n) is 0. The van der Waals surface area contributed by atoms with Gasteiger partial charge in [-0.15, -0.1) is 0 Å². The van der Waals surface area contributed by atoms with E-state index >= 15 is 0 Å². The summed E-state index contributed by atoms with van der Waals surface area (Å²) in [4.78, 5) is 26.8. The van der Waals surface area contributed by atoms with Crippen LogP contribution in [0.15, 0.2) is 0 Å². The summed E-state index contributed by atoms with van der Waals surface area (Å²) in [5.74, 6) is 0. The molecule has 0 heterocycles. The van der Waals surface area contributed by atoms with Crippen LogP contribution < -0.4 is 33.5 Å². The van der Waals surface area contributed by atoms with Gasteiger partial charge in [0.15, 0.2) is 0 Å². The van der Waals surface area contributed by atoms with Crippen LogP contribution in [0.1, 0.15) is 0 Å². The van der Waals surface area contributed by atoms with Crippen LogP contribution in [0.25, 0.3) is 0 Å². The molecule has 36 valence electrons. The van der Waals surface area contributed by atoms with Gasteiger partial charge in [-0.25, -0.2) is 0 Å². The van der Waals surface area contributed by atoms with Crippen LogP contribution in [0, 0.1) is 0 Å². The third-order valence-corrected chi connectivity index (χ3v) is 0. The van der Waals surface area contributed by atoms with Crippen molar-refractivity contribution in [3.63, 3.8) is 0 Å². The Kier molecular flexibility index (Phi) is 13.1. The fourth-order valence-corrected chi connectivity index (χ4v) is 0. The van der Waals surface area contributed by atoms with E-state index in [9.17, 15) is 0 Å². The van der Waals surface area contributed by atoms with Crippen molar-refractivity contribution in [2.75, 3.05) is 0 Å². The van der Waals surface area contributed by atoms with Gasteiger partial charge in [-0.1, -0.05) is 0 Å². The van der Waals surface area contributed by atoms with E-state index in [0.29, 0.717) is 0 Å². The number of hydrogen-bond donors (Lipinski definition) is 0. The van der Waals surface area contributed by atoms with Gasteiger partial charge in [-0.2, -0.15) is 11.8 Å². The second-order valence-corrected chi connectivity index (χ2v) is 2.68. The fourth-order valence-electron chi connectivity index (χ4n) is 0. The molecule has 7 heteroatoms. The zero-order valence-corrected chi connectivity index (χ0v) is 8.47. The Bertz CT molecular complexity index is 61.1. The maximum absolute atomic E-state index is 8.92. The Morgan fingerprint density at radius 3 is 1.14 bits per heavy atom. The Hall–Kier alpha value is 1.67. The molecule has 0 saturated heterocycles. The van der Waals surface area contributed by atoms with Gasteiger partial charge in [0.25, 0.3) is 0 Å². The van der Waals surface area contributed by atoms with Crippen molar-refractivity contribution >= 4 is 36.1 Å². The van der Waals surface area contributed by atoms with Crippen molar-refractivity contribution in [2.45, 2.75) is 0 Å². The van der Waals surface area contributed by atoms with Crippen molar-refractivity contribution in [2.24, 2.45) is 0 Å². The van der Waals surface area contributed by atoms with Crippen LogP contribution in [0.2, 0.25) is 0 Å². The van der Waals surface area contributed by atoms with E-state index in [4.69, 9.17) is 14.7 Å². The molecule has 0 aromatic carbocycles. The first-order valence-corrected chi connectivity index (χ1v) is 3.29. The molecule has 0 rings (SSSR count). The predicted octanol–water partition coefficient (Wildman–Crippen LogP) is -6.62. The van der Waals surface area contributed by atoms with Gasteiger partial charge < -0.3 is 21.4 Å². The second-order valence-electron chi connectivity index (χ2n) is 0.447. The summed E-state index contributed by atoms with van der Waals surface area (Å²) >= 11 is 3.27. The van der Waals surface area contributed by atoms with Crippen molar-refractivity contribution in [3.05, 3.63) is 0 Å². The minimum atomic E-state index is -4.56. The monoisotopic (exact) mass is 194 g/mol. The molecule has 0 spiro atoms. The minimum absolute atomic E-state index is 0. The molecular weight excluding hydrogens is 191 g/mol. The van der Waals surface area contributed by atoms with Gasteiger partial charge >= 0.3 is 36.5 Å². The topological polar surface area (TPSA) is 69.2 Å². The van der Waals surface area contributed by atoms with Crippen LogP contribution in [-0.4, -0.2) is 17.6 Å². The fraction of sp³-hybridized carbons (Fsp3) is 0. The van der Waals surface area contributed by atoms with Crippen molar-refractivity contribution in [1.29, 1.82) is 0 Å². The maximum atomic E-state index is 8.92. The molecule has 0 aromatic rings. The van der Waals surface area contributed by atoms with Gasteiger partial charge in [0, 0.05) is 0 Å². The molecule has 3 nitrogen and oxygen atoms in total. The molecular formula is H2GeLiO3PS. The van der Waals surface area contributed by atoms with Crippen LogP contribution in [0.4, 0.5) is 0 Å².